The minimum atomic E-state index is -0.0786. The van der Waals surface area contributed by atoms with Gasteiger partial charge in [-0.1, -0.05) is 48.5 Å². The van der Waals surface area contributed by atoms with E-state index in [2.05, 4.69) is 22.4 Å². The fraction of sp³-hybridized carbons (Fsp3) is 0.105. The van der Waals surface area contributed by atoms with Crippen LogP contribution in [0.5, 0.6) is 0 Å². The molecule has 0 aliphatic rings. The molecule has 0 aliphatic carbocycles. The fourth-order valence-corrected chi connectivity index (χ4v) is 2.48. The van der Waals surface area contributed by atoms with Gasteiger partial charge in [0.05, 0.1) is 6.04 Å². The smallest absolute Gasteiger partial charge is 0.251 e. The first-order valence-corrected chi connectivity index (χ1v) is 7.36. The van der Waals surface area contributed by atoms with Gasteiger partial charge in [-0.15, -0.1) is 0 Å². The lowest BCUT2D eigenvalue weighted by atomic mass is 10.0. The Morgan fingerprint density at radius 2 is 1.59 bits per heavy atom. The molecule has 0 bridgehead atoms. The number of H-pyrrole nitrogens is 1. The Bertz CT molecular complexity index is 706. The van der Waals surface area contributed by atoms with E-state index in [-0.39, 0.29) is 11.9 Å². The van der Waals surface area contributed by atoms with Crippen molar-refractivity contribution in [3.05, 3.63) is 95.8 Å². The number of rotatable bonds is 5. The van der Waals surface area contributed by atoms with E-state index in [0.717, 1.165) is 12.1 Å². The number of aromatic amines is 1. The maximum Gasteiger partial charge on any atom is 0.251 e. The number of hydrogen-bond donors (Lipinski definition) is 2. The van der Waals surface area contributed by atoms with Gasteiger partial charge < -0.3 is 10.3 Å². The fourth-order valence-electron chi connectivity index (χ4n) is 2.48. The third-order valence-corrected chi connectivity index (χ3v) is 3.62. The topological polar surface area (TPSA) is 44.9 Å². The van der Waals surface area contributed by atoms with E-state index in [0.29, 0.717) is 5.56 Å². The second-order valence-corrected chi connectivity index (χ2v) is 5.21. The van der Waals surface area contributed by atoms with Gasteiger partial charge in [0.25, 0.3) is 5.91 Å². The number of carbonyl (C=O) groups is 1. The Kier molecular flexibility index (Phi) is 4.35. The predicted octanol–water partition coefficient (Wildman–Crippen LogP) is 3.73. The zero-order valence-electron chi connectivity index (χ0n) is 12.2. The van der Waals surface area contributed by atoms with Crippen molar-refractivity contribution in [2.24, 2.45) is 0 Å². The molecule has 1 atom stereocenters. The summed E-state index contributed by atoms with van der Waals surface area (Å²) >= 11 is 0. The van der Waals surface area contributed by atoms with E-state index < -0.39 is 0 Å². The Morgan fingerprint density at radius 3 is 2.23 bits per heavy atom. The molecule has 0 aliphatic heterocycles. The van der Waals surface area contributed by atoms with Crippen LogP contribution in [0.15, 0.2) is 79.0 Å². The van der Waals surface area contributed by atoms with Crippen LogP contribution in [0, 0.1) is 0 Å². The van der Waals surface area contributed by atoms with Gasteiger partial charge in [0.2, 0.25) is 0 Å². The van der Waals surface area contributed by atoms with Gasteiger partial charge in [-0.25, -0.2) is 0 Å². The number of amides is 1. The van der Waals surface area contributed by atoms with Gasteiger partial charge in [-0.05, 0) is 36.2 Å². The summed E-state index contributed by atoms with van der Waals surface area (Å²) in [6.45, 7) is 0. The van der Waals surface area contributed by atoms with E-state index >= 15 is 0 Å². The second kappa shape index (κ2) is 6.76. The van der Waals surface area contributed by atoms with Crippen molar-refractivity contribution in [3.8, 4) is 0 Å². The van der Waals surface area contributed by atoms with Crippen LogP contribution >= 0.6 is 0 Å². The first kappa shape index (κ1) is 14.1. The molecular weight excluding hydrogens is 272 g/mol. The Morgan fingerprint density at radius 1 is 0.909 bits per heavy atom. The molecule has 3 heteroatoms. The summed E-state index contributed by atoms with van der Waals surface area (Å²) in [6, 6.07) is 23.3. The largest absolute Gasteiger partial charge is 0.363 e. The monoisotopic (exact) mass is 290 g/mol. The highest BCUT2D eigenvalue weighted by Crippen LogP contribution is 2.17. The maximum atomic E-state index is 12.4. The lowest BCUT2D eigenvalue weighted by Crippen LogP contribution is -2.30. The Labute approximate surface area is 130 Å². The molecule has 3 nitrogen and oxygen atoms in total. The zero-order valence-corrected chi connectivity index (χ0v) is 12.2. The number of carbonyl (C=O) groups excluding carboxylic acids is 1. The van der Waals surface area contributed by atoms with Crippen LogP contribution in [0.4, 0.5) is 0 Å². The van der Waals surface area contributed by atoms with Crippen molar-refractivity contribution in [2.45, 2.75) is 12.5 Å². The van der Waals surface area contributed by atoms with Crippen LogP contribution in [-0.2, 0) is 6.42 Å². The van der Waals surface area contributed by atoms with E-state index in [1.807, 2.05) is 66.9 Å². The molecule has 0 saturated carbocycles. The predicted molar refractivity (Wildman–Crippen MR) is 87.6 cm³/mol. The first-order chi connectivity index (χ1) is 10.8. The molecule has 2 aromatic carbocycles. The van der Waals surface area contributed by atoms with Crippen LogP contribution in [0.25, 0.3) is 0 Å². The minimum Gasteiger partial charge on any atom is -0.363 e. The molecule has 22 heavy (non-hydrogen) atoms. The molecule has 1 aromatic heterocycles. The van der Waals surface area contributed by atoms with E-state index in [1.54, 1.807) is 0 Å². The van der Waals surface area contributed by atoms with Gasteiger partial charge in [-0.2, -0.15) is 0 Å². The molecule has 0 unspecified atom stereocenters. The molecule has 0 fully saturated rings. The molecule has 1 amide bonds. The lowest BCUT2D eigenvalue weighted by Gasteiger charge is -2.18. The van der Waals surface area contributed by atoms with Crippen LogP contribution in [0.1, 0.15) is 27.7 Å². The standard InChI is InChI=1S/C19H18N2O/c22-19(16-10-5-2-6-11-16)21-18(17-12-7-13-20-17)14-15-8-3-1-4-9-15/h1-13,18,20H,14H2,(H,21,22)/t18-/m0/s1. The highest BCUT2D eigenvalue weighted by molar-refractivity contribution is 5.94. The molecule has 3 aromatic rings. The van der Waals surface area contributed by atoms with Gasteiger partial charge in [0.1, 0.15) is 0 Å². The number of aromatic nitrogens is 1. The summed E-state index contributed by atoms with van der Waals surface area (Å²) < 4.78 is 0. The number of benzene rings is 2. The summed E-state index contributed by atoms with van der Waals surface area (Å²) in [5.41, 5.74) is 2.87. The van der Waals surface area contributed by atoms with Crippen molar-refractivity contribution < 1.29 is 4.79 Å². The highest BCUT2D eigenvalue weighted by Gasteiger charge is 2.16. The summed E-state index contributed by atoms with van der Waals surface area (Å²) in [4.78, 5) is 15.6. The van der Waals surface area contributed by atoms with Crippen molar-refractivity contribution in [3.63, 3.8) is 0 Å². The molecule has 2 N–H and O–H groups in total. The molecule has 3 rings (SSSR count). The lowest BCUT2D eigenvalue weighted by molar-refractivity contribution is 0.0935. The molecule has 1 heterocycles. The van der Waals surface area contributed by atoms with Crippen LogP contribution in [0.3, 0.4) is 0 Å². The average Bonchev–Trinajstić information content (AvgIpc) is 3.10. The minimum absolute atomic E-state index is 0.0591. The third kappa shape index (κ3) is 3.44. The van der Waals surface area contributed by atoms with Crippen LogP contribution in [-0.4, -0.2) is 10.9 Å². The third-order valence-electron chi connectivity index (χ3n) is 3.62. The van der Waals surface area contributed by atoms with E-state index in [9.17, 15) is 4.79 Å². The number of hydrogen-bond acceptors (Lipinski definition) is 1. The molecule has 0 radical (unpaired) electrons. The molecule has 0 spiro atoms. The van der Waals surface area contributed by atoms with Crippen molar-refractivity contribution in [1.82, 2.24) is 10.3 Å². The van der Waals surface area contributed by atoms with Gasteiger partial charge >= 0.3 is 0 Å². The maximum absolute atomic E-state index is 12.4. The molecular formula is C19H18N2O. The quantitative estimate of drug-likeness (QED) is 0.739. The second-order valence-electron chi connectivity index (χ2n) is 5.21. The Balaban J connectivity index is 1.79. The highest BCUT2D eigenvalue weighted by atomic mass is 16.1. The van der Waals surface area contributed by atoms with Gasteiger partial charge in [0, 0.05) is 17.5 Å². The normalized spacial score (nSPS) is 11.8. The Hall–Kier alpha value is -2.81. The van der Waals surface area contributed by atoms with E-state index in [1.165, 1.54) is 5.56 Å². The van der Waals surface area contributed by atoms with Gasteiger partial charge in [0.15, 0.2) is 0 Å². The van der Waals surface area contributed by atoms with Crippen molar-refractivity contribution in [2.75, 3.05) is 0 Å². The van der Waals surface area contributed by atoms with E-state index in [4.69, 9.17) is 0 Å². The molecule has 0 saturated heterocycles. The van der Waals surface area contributed by atoms with Crippen molar-refractivity contribution >= 4 is 5.91 Å². The zero-order chi connectivity index (χ0) is 15.2. The average molecular weight is 290 g/mol. The summed E-state index contributed by atoms with van der Waals surface area (Å²) in [5, 5.41) is 3.11. The van der Waals surface area contributed by atoms with Gasteiger partial charge in [-0.3, -0.25) is 4.79 Å². The molecule has 110 valence electrons. The van der Waals surface area contributed by atoms with Crippen molar-refractivity contribution in [1.29, 1.82) is 0 Å². The number of nitrogens with one attached hydrogen (secondary N) is 2. The SMILES string of the molecule is O=C(N[C@@H](Cc1ccccc1)c1ccc[nH]1)c1ccccc1. The summed E-state index contributed by atoms with van der Waals surface area (Å²) in [7, 11) is 0. The van der Waals surface area contributed by atoms with Crippen LogP contribution in [0.2, 0.25) is 0 Å². The summed E-state index contributed by atoms with van der Waals surface area (Å²) in [5.74, 6) is -0.0591. The summed E-state index contributed by atoms with van der Waals surface area (Å²) in [6.07, 6.45) is 2.63. The van der Waals surface area contributed by atoms with Crippen LogP contribution < -0.4 is 5.32 Å². The first-order valence-electron chi connectivity index (χ1n) is 7.36.